The van der Waals surface area contributed by atoms with Crippen LogP contribution in [0.1, 0.15) is 167 Å². The van der Waals surface area contributed by atoms with Crippen LogP contribution in [0.3, 0.4) is 0 Å². The van der Waals surface area contributed by atoms with E-state index in [1.54, 1.807) is 73.7 Å². The number of hydrogen-bond acceptors (Lipinski definition) is 13. The zero-order valence-electron chi connectivity index (χ0n) is 47.5. The van der Waals surface area contributed by atoms with Crippen LogP contribution in [-0.2, 0) is 44.9 Å². The molecular weight excluding hydrogens is 965 g/mol. The van der Waals surface area contributed by atoms with Gasteiger partial charge < -0.3 is 44.5 Å². The lowest BCUT2D eigenvalue weighted by molar-refractivity contribution is -0.122. The number of aryl methyl sites for hydroxylation is 2. The largest absolute Gasteiger partial charge is 0.504 e. The van der Waals surface area contributed by atoms with E-state index in [1.165, 1.54) is 60.5 Å². The van der Waals surface area contributed by atoms with Gasteiger partial charge in [0.1, 0.15) is 17.3 Å². The Morgan fingerprint density at radius 1 is 0.513 bits per heavy atom. The monoisotopic (exact) mass is 1060 g/mol. The first-order chi connectivity index (χ1) is 36.4. The number of Topliss-reactive ketones (excluding diaryl/α,β-unsaturated/α-hetero) is 3. The summed E-state index contributed by atoms with van der Waals surface area (Å²) in [4.78, 5) is 46.4. The molecule has 0 saturated carbocycles. The van der Waals surface area contributed by atoms with Gasteiger partial charge in [0.05, 0.1) is 34.5 Å². The summed E-state index contributed by atoms with van der Waals surface area (Å²) in [5, 5.41) is 47.9. The molecule has 0 radical (unpaired) electrons. The van der Waals surface area contributed by atoms with Crippen LogP contribution in [0, 0.1) is 11.8 Å². The fraction of sp³-hybridized carbons (Fsp3) is 0.524. The summed E-state index contributed by atoms with van der Waals surface area (Å²) >= 11 is 0. The lowest BCUT2D eigenvalue weighted by Crippen LogP contribution is -2.14. The molecule has 13 heteroatoms. The van der Waals surface area contributed by atoms with Crippen molar-refractivity contribution in [2.75, 3.05) is 28.4 Å². The Hall–Kier alpha value is -6.34. The fourth-order valence-corrected chi connectivity index (χ4v) is 7.89. The zero-order valence-corrected chi connectivity index (χ0v) is 47.5. The SMILES string of the molecule is CCCC(=O)C(C)Cc1ccc(O)c(OC)c1.CCCC/C=C/C(=O)CCc1ccc(O)c(OC)c1.CCCCCCCCCC(O)CC(=O)CCc1ccc(O)c(OC)c1.COc1cc(CC(C)C(C)=O)ccc1O. The van der Waals surface area contributed by atoms with E-state index in [4.69, 9.17) is 18.9 Å². The molecule has 0 aliphatic rings. The normalized spacial score (nSPS) is 11.8. The molecular formula is C63H92O13. The molecule has 0 bridgehead atoms. The van der Waals surface area contributed by atoms with Crippen molar-refractivity contribution in [2.24, 2.45) is 11.8 Å². The number of carbonyl (C=O) groups is 4. The number of rotatable bonds is 32. The van der Waals surface area contributed by atoms with Crippen molar-refractivity contribution in [1.29, 1.82) is 0 Å². The van der Waals surface area contributed by atoms with Crippen molar-refractivity contribution in [3.8, 4) is 46.0 Å². The molecule has 3 atom stereocenters. The molecule has 0 aliphatic heterocycles. The first kappa shape index (κ1) is 67.7. The molecule has 76 heavy (non-hydrogen) atoms. The smallest absolute Gasteiger partial charge is 0.160 e. The number of phenols is 4. The van der Waals surface area contributed by atoms with Gasteiger partial charge in [0.15, 0.2) is 51.8 Å². The van der Waals surface area contributed by atoms with Gasteiger partial charge in [0, 0.05) is 37.5 Å². The molecule has 422 valence electrons. The van der Waals surface area contributed by atoms with E-state index in [0.29, 0.717) is 80.1 Å². The number of methoxy groups -OCH3 is 4. The van der Waals surface area contributed by atoms with Crippen molar-refractivity contribution in [3.05, 3.63) is 107 Å². The van der Waals surface area contributed by atoms with Crippen molar-refractivity contribution < 1.29 is 63.7 Å². The number of aliphatic hydroxyl groups excluding tert-OH is 1. The first-order valence-corrected chi connectivity index (χ1v) is 27.2. The molecule has 4 aromatic carbocycles. The van der Waals surface area contributed by atoms with Crippen LogP contribution in [0.2, 0.25) is 0 Å². The number of allylic oxidation sites excluding steroid dienone is 2. The number of aromatic hydroxyl groups is 4. The number of aliphatic hydroxyl groups is 1. The summed E-state index contributed by atoms with van der Waals surface area (Å²) in [5.41, 5.74) is 3.94. The highest BCUT2D eigenvalue weighted by atomic mass is 16.5. The molecule has 0 fully saturated rings. The minimum absolute atomic E-state index is 0.000695. The molecule has 3 unspecified atom stereocenters. The van der Waals surface area contributed by atoms with Gasteiger partial charge in [0.25, 0.3) is 0 Å². The lowest BCUT2D eigenvalue weighted by Gasteiger charge is -2.11. The van der Waals surface area contributed by atoms with Gasteiger partial charge in [-0.25, -0.2) is 0 Å². The summed E-state index contributed by atoms with van der Waals surface area (Å²) < 4.78 is 20.1. The minimum atomic E-state index is -0.516. The number of ketones is 4. The Balaban J connectivity index is 0.000000516. The Morgan fingerprint density at radius 2 is 0.921 bits per heavy atom. The summed E-state index contributed by atoms with van der Waals surface area (Å²) in [5.74, 6) is 2.95. The standard InChI is InChI=1S/C21H34O4.C16H22O3.C14H20O3.C12H16O3/c1-3-4-5-6-7-8-9-10-18(22)16-19(23)13-11-17-12-14-20(24)21(15-17)25-2;1-3-4-5-6-7-14(17)10-8-13-9-11-15(18)16(12-13)19-2;1-4-5-12(15)10(2)8-11-6-7-13(16)14(9-11)17-3;1-8(9(2)13)6-10-4-5-11(14)12(7-10)15-3/h12,14-15,18,22,24H,3-11,13,16H2,1-2H3;6-7,9,11-12,18H,3-5,8,10H2,1-2H3;6-7,9-10,16H,4-5,8H2,1-3H3;4-5,7-8,14H,6H2,1-3H3/b;7-6+;;. The van der Waals surface area contributed by atoms with Crippen LogP contribution in [0.4, 0.5) is 0 Å². The number of unbranched alkanes of at least 4 members (excludes halogenated alkanes) is 8. The number of benzene rings is 4. The van der Waals surface area contributed by atoms with Crippen molar-refractivity contribution >= 4 is 23.1 Å². The van der Waals surface area contributed by atoms with E-state index in [-0.39, 0.29) is 58.6 Å². The van der Waals surface area contributed by atoms with E-state index in [1.807, 2.05) is 39.0 Å². The van der Waals surface area contributed by atoms with E-state index in [2.05, 4.69) is 13.8 Å². The van der Waals surface area contributed by atoms with Gasteiger partial charge in [-0.15, -0.1) is 0 Å². The summed E-state index contributed by atoms with van der Waals surface area (Å²) in [7, 11) is 6.04. The number of hydrogen-bond donors (Lipinski definition) is 5. The maximum absolute atomic E-state index is 12.0. The van der Waals surface area contributed by atoms with Crippen LogP contribution >= 0.6 is 0 Å². The highest BCUT2D eigenvalue weighted by molar-refractivity contribution is 5.89. The molecule has 0 aliphatic carbocycles. The Labute approximate surface area is 454 Å². The first-order valence-electron chi connectivity index (χ1n) is 27.2. The summed E-state index contributed by atoms with van der Waals surface area (Å²) in [6.07, 6.45) is 20.8. The maximum atomic E-state index is 12.0. The average Bonchev–Trinajstić information content (AvgIpc) is 3.40. The lowest BCUT2D eigenvalue weighted by atomic mass is 9.94. The van der Waals surface area contributed by atoms with E-state index < -0.39 is 6.10 Å². The Kier molecular flexibility index (Phi) is 35.6. The van der Waals surface area contributed by atoms with Crippen LogP contribution in [0.15, 0.2) is 84.9 Å². The summed E-state index contributed by atoms with van der Waals surface area (Å²) in [6.45, 7) is 11.8. The second-order valence-electron chi connectivity index (χ2n) is 19.4. The van der Waals surface area contributed by atoms with Crippen molar-refractivity contribution in [3.63, 3.8) is 0 Å². The molecule has 0 spiro atoms. The van der Waals surface area contributed by atoms with Gasteiger partial charge in [-0.2, -0.15) is 0 Å². The number of phenolic OH excluding ortho intramolecular Hbond substituents is 4. The third-order valence-corrected chi connectivity index (χ3v) is 12.8. The van der Waals surface area contributed by atoms with Gasteiger partial charge in [-0.3, -0.25) is 19.2 Å². The molecule has 4 rings (SSSR count). The number of carbonyl (C=O) groups excluding carboxylic acids is 4. The quantitative estimate of drug-likeness (QED) is 0.0228. The molecule has 0 heterocycles. The zero-order chi connectivity index (χ0) is 56.8. The van der Waals surface area contributed by atoms with E-state index >= 15 is 0 Å². The molecule has 13 nitrogen and oxygen atoms in total. The maximum Gasteiger partial charge on any atom is 0.160 e. The summed E-state index contributed by atoms with van der Waals surface area (Å²) in [6, 6.07) is 20.6. The van der Waals surface area contributed by atoms with Gasteiger partial charge >= 0.3 is 0 Å². The third kappa shape index (κ3) is 29.1. The van der Waals surface area contributed by atoms with E-state index in [9.17, 15) is 44.7 Å². The molecule has 5 N–H and O–H groups in total. The molecule has 0 amide bonds. The highest BCUT2D eigenvalue weighted by Crippen LogP contribution is 2.30. The predicted octanol–water partition coefficient (Wildman–Crippen LogP) is 13.6. The number of ether oxygens (including phenoxy) is 4. The van der Waals surface area contributed by atoms with Gasteiger partial charge in [-0.1, -0.05) is 123 Å². The second-order valence-corrected chi connectivity index (χ2v) is 19.4. The van der Waals surface area contributed by atoms with Crippen LogP contribution < -0.4 is 18.9 Å². The van der Waals surface area contributed by atoms with E-state index in [0.717, 1.165) is 60.8 Å². The molecule has 0 saturated heterocycles. The minimum Gasteiger partial charge on any atom is -0.504 e. The van der Waals surface area contributed by atoms with Crippen LogP contribution in [-0.4, -0.2) is 83.2 Å². The Bertz CT molecular complexity index is 2320. The van der Waals surface area contributed by atoms with Crippen LogP contribution in [0.25, 0.3) is 0 Å². The average molecular weight is 1060 g/mol. The Morgan fingerprint density at radius 3 is 1.36 bits per heavy atom. The predicted molar refractivity (Wildman–Crippen MR) is 304 cm³/mol. The van der Waals surface area contributed by atoms with Crippen LogP contribution in [0.5, 0.6) is 46.0 Å². The third-order valence-electron chi connectivity index (χ3n) is 12.8. The van der Waals surface area contributed by atoms with Crippen molar-refractivity contribution in [1.82, 2.24) is 0 Å². The second kappa shape index (κ2) is 40.0. The molecule has 0 aromatic heterocycles. The topological polar surface area (TPSA) is 206 Å². The molecule has 4 aromatic rings. The van der Waals surface area contributed by atoms with Gasteiger partial charge in [0.2, 0.25) is 0 Å². The van der Waals surface area contributed by atoms with Gasteiger partial charge in [-0.05, 0) is 129 Å². The highest BCUT2D eigenvalue weighted by Gasteiger charge is 2.15. The fourth-order valence-electron chi connectivity index (χ4n) is 7.89. The van der Waals surface area contributed by atoms with Crippen molar-refractivity contribution in [2.45, 2.75) is 176 Å².